The first kappa shape index (κ1) is 16.8. The van der Waals surface area contributed by atoms with Crippen molar-refractivity contribution in [2.45, 2.75) is 26.2 Å². The minimum absolute atomic E-state index is 0.156. The van der Waals surface area contributed by atoms with Crippen LogP contribution in [0, 0.1) is 18.2 Å². The Balaban J connectivity index is 1.46. The maximum absolute atomic E-state index is 14.2. The van der Waals surface area contributed by atoms with Crippen LogP contribution in [-0.4, -0.2) is 30.7 Å². The highest BCUT2D eigenvalue weighted by Gasteiger charge is 2.37. The lowest BCUT2D eigenvalue weighted by atomic mass is 9.78. The Hall–Kier alpha value is -2.33. The van der Waals surface area contributed by atoms with E-state index in [1.165, 1.54) is 38.0 Å². The molecular weight excluding hydrogens is 337 g/mol. The van der Waals surface area contributed by atoms with E-state index < -0.39 is 0 Å². The first-order valence-electron chi connectivity index (χ1n) is 9.98. The van der Waals surface area contributed by atoms with Crippen molar-refractivity contribution in [3.05, 3.63) is 60.0 Å². The summed E-state index contributed by atoms with van der Waals surface area (Å²) in [7, 11) is 0. The third-order valence-corrected chi connectivity index (χ3v) is 6.63. The lowest BCUT2D eigenvalue weighted by molar-refractivity contribution is 0.247. The van der Waals surface area contributed by atoms with E-state index in [1.54, 1.807) is 6.07 Å². The average Bonchev–Trinajstić information content (AvgIpc) is 3.34. The molecule has 0 unspecified atom stereocenters. The molecule has 0 aliphatic carbocycles. The largest absolute Gasteiger partial charge is 0.371 e. The van der Waals surface area contributed by atoms with Crippen molar-refractivity contribution in [2.75, 3.05) is 31.1 Å². The number of aromatic nitrogens is 1. The van der Waals surface area contributed by atoms with Crippen molar-refractivity contribution >= 4 is 16.6 Å². The molecule has 1 aromatic heterocycles. The van der Waals surface area contributed by atoms with Crippen molar-refractivity contribution in [3.63, 3.8) is 0 Å². The third kappa shape index (κ3) is 2.83. The summed E-state index contributed by atoms with van der Waals surface area (Å²) in [5, 5.41) is 4.23. The molecule has 0 bridgehead atoms. The Labute approximate surface area is 159 Å². The van der Waals surface area contributed by atoms with E-state index in [9.17, 15) is 4.39 Å². The highest BCUT2D eigenvalue weighted by atomic mass is 19.1. The van der Waals surface area contributed by atoms with Crippen LogP contribution in [0.15, 0.2) is 48.7 Å². The van der Waals surface area contributed by atoms with Crippen LogP contribution in [0.2, 0.25) is 0 Å². The maximum Gasteiger partial charge on any atom is 0.132 e. The number of hydrogen-bond donors (Lipinski definition) is 1. The number of rotatable bonds is 2. The summed E-state index contributed by atoms with van der Waals surface area (Å²) in [6.07, 6.45) is 5.83. The van der Waals surface area contributed by atoms with Crippen molar-refractivity contribution < 1.29 is 4.39 Å². The van der Waals surface area contributed by atoms with E-state index in [0.29, 0.717) is 10.8 Å². The number of nitrogens with one attached hydrogen (secondary N) is 1. The van der Waals surface area contributed by atoms with Crippen LogP contribution >= 0.6 is 0 Å². The molecule has 1 spiro atoms. The minimum atomic E-state index is -0.156. The highest BCUT2D eigenvalue weighted by Crippen LogP contribution is 2.38. The van der Waals surface area contributed by atoms with E-state index in [2.05, 4.69) is 39.0 Å². The normalized spacial score (nSPS) is 19.3. The highest BCUT2D eigenvalue weighted by molar-refractivity contribution is 5.85. The number of fused-ring (bicyclic) bond motifs is 1. The molecule has 3 aromatic rings. The molecule has 5 rings (SSSR count). The molecule has 2 saturated heterocycles. The zero-order valence-electron chi connectivity index (χ0n) is 15.8. The van der Waals surface area contributed by atoms with Crippen molar-refractivity contribution in [2.24, 2.45) is 5.41 Å². The Kier molecular flexibility index (Phi) is 3.97. The van der Waals surface area contributed by atoms with Gasteiger partial charge in [0.15, 0.2) is 0 Å². The molecule has 2 aliphatic heterocycles. The van der Waals surface area contributed by atoms with E-state index in [-0.39, 0.29) is 5.82 Å². The van der Waals surface area contributed by atoms with Gasteiger partial charge in [-0.1, -0.05) is 12.1 Å². The second-order valence-corrected chi connectivity index (χ2v) is 8.25. The van der Waals surface area contributed by atoms with Gasteiger partial charge in [-0.05, 0) is 74.0 Å². The summed E-state index contributed by atoms with van der Waals surface area (Å²) < 4.78 is 16.3. The van der Waals surface area contributed by atoms with Crippen LogP contribution < -0.4 is 10.2 Å². The number of piperidine rings is 1. The summed E-state index contributed by atoms with van der Waals surface area (Å²) in [4.78, 5) is 2.51. The number of benzene rings is 2. The molecule has 0 atom stereocenters. The molecule has 140 valence electrons. The van der Waals surface area contributed by atoms with Gasteiger partial charge in [-0.3, -0.25) is 0 Å². The van der Waals surface area contributed by atoms with Crippen LogP contribution in [0.25, 0.3) is 16.6 Å². The first-order valence-corrected chi connectivity index (χ1v) is 9.98. The number of halogens is 1. The monoisotopic (exact) mass is 363 g/mol. The number of anilines is 1. The summed E-state index contributed by atoms with van der Waals surface area (Å²) in [6.45, 7) is 6.63. The SMILES string of the molecule is Cc1ccc(F)c2ccn(-c3cccc(N4CCC5(CCNC5)CC4)c3)c12. The van der Waals surface area contributed by atoms with E-state index >= 15 is 0 Å². The lowest BCUT2D eigenvalue weighted by Gasteiger charge is -2.40. The second-order valence-electron chi connectivity index (χ2n) is 8.25. The summed E-state index contributed by atoms with van der Waals surface area (Å²) in [5.74, 6) is -0.156. The van der Waals surface area contributed by atoms with Crippen molar-refractivity contribution in [1.29, 1.82) is 0 Å². The lowest BCUT2D eigenvalue weighted by Crippen LogP contribution is -2.41. The topological polar surface area (TPSA) is 20.2 Å². The second kappa shape index (κ2) is 6.38. The van der Waals surface area contributed by atoms with Gasteiger partial charge in [0.05, 0.1) is 5.52 Å². The average molecular weight is 363 g/mol. The Morgan fingerprint density at radius 1 is 1.00 bits per heavy atom. The molecule has 1 N–H and O–H groups in total. The standard InChI is InChI=1S/C23H26FN3/c1-17-5-6-21(24)20-7-12-27(22(17)20)19-4-2-3-18(15-19)26-13-9-23(10-14-26)8-11-25-16-23/h2-7,12,15,25H,8-11,13-14,16H2,1H3. The van der Waals surface area contributed by atoms with Gasteiger partial charge in [0.2, 0.25) is 0 Å². The summed E-state index contributed by atoms with van der Waals surface area (Å²) >= 11 is 0. The van der Waals surface area contributed by atoms with E-state index in [1.807, 2.05) is 25.3 Å². The van der Waals surface area contributed by atoms with Crippen molar-refractivity contribution in [3.8, 4) is 5.69 Å². The fourth-order valence-corrected chi connectivity index (χ4v) is 4.91. The molecule has 2 fully saturated rings. The van der Waals surface area contributed by atoms with Gasteiger partial charge >= 0.3 is 0 Å². The Morgan fingerprint density at radius 2 is 1.81 bits per heavy atom. The maximum atomic E-state index is 14.2. The van der Waals surface area contributed by atoms with Crippen LogP contribution in [0.1, 0.15) is 24.8 Å². The van der Waals surface area contributed by atoms with E-state index in [4.69, 9.17) is 0 Å². The molecule has 2 aromatic carbocycles. The quantitative estimate of drug-likeness (QED) is 0.715. The first-order chi connectivity index (χ1) is 13.2. The predicted octanol–water partition coefficient (Wildman–Crippen LogP) is 4.66. The van der Waals surface area contributed by atoms with Crippen LogP contribution in [0.3, 0.4) is 0 Å². The van der Waals surface area contributed by atoms with Gasteiger partial charge in [-0.15, -0.1) is 0 Å². The van der Waals surface area contributed by atoms with Crippen LogP contribution in [-0.2, 0) is 0 Å². The fraction of sp³-hybridized carbons (Fsp3) is 0.391. The number of hydrogen-bond acceptors (Lipinski definition) is 2. The van der Waals surface area contributed by atoms with Gasteiger partial charge in [-0.25, -0.2) is 4.39 Å². The zero-order chi connectivity index (χ0) is 18.4. The Morgan fingerprint density at radius 3 is 2.59 bits per heavy atom. The number of aryl methyl sites for hydroxylation is 1. The zero-order valence-corrected chi connectivity index (χ0v) is 15.8. The molecule has 2 aliphatic rings. The smallest absolute Gasteiger partial charge is 0.132 e. The van der Waals surface area contributed by atoms with E-state index in [0.717, 1.165) is 29.9 Å². The molecule has 3 heterocycles. The predicted molar refractivity (Wildman–Crippen MR) is 109 cm³/mol. The van der Waals surface area contributed by atoms with Crippen molar-refractivity contribution in [1.82, 2.24) is 9.88 Å². The van der Waals surface area contributed by atoms with Gasteiger partial charge < -0.3 is 14.8 Å². The molecule has 27 heavy (non-hydrogen) atoms. The molecular formula is C23H26FN3. The van der Waals surface area contributed by atoms with Gasteiger partial charge in [0, 0.05) is 42.6 Å². The van der Waals surface area contributed by atoms with Crippen LogP contribution in [0.5, 0.6) is 0 Å². The number of nitrogens with zero attached hydrogens (tertiary/aromatic N) is 2. The fourth-order valence-electron chi connectivity index (χ4n) is 4.91. The molecule has 3 nitrogen and oxygen atoms in total. The molecule has 0 radical (unpaired) electrons. The minimum Gasteiger partial charge on any atom is -0.371 e. The molecule has 4 heteroatoms. The van der Waals surface area contributed by atoms with Gasteiger partial charge in [-0.2, -0.15) is 0 Å². The van der Waals surface area contributed by atoms with Crippen LogP contribution in [0.4, 0.5) is 10.1 Å². The molecule has 0 amide bonds. The summed E-state index contributed by atoms with van der Waals surface area (Å²) in [5.41, 5.74) is 4.94. The van der Waals surface area contributed by atoms with Gasteiger partial charge in [0.25, 0.3) is 0 Å². The summed E-state index contributed by atoms with van der Waals surface area (Å²) in [6, 6.07) is 14.0. The Bertz CT molecular complexity index is 974. The molecule has 0 saturated carbocycles. The third-order valence-electron chi connectivity index (χ3n) is 6.63. The van der Waals surface area contributed by atoms with Gasteiger partial charge in [0.1, 0.15) is 5.82 Å².